The highest BCUT2D eigenvalue weighted by Crippen LogP contribution is 2.06. The van der Waals surface area contributed by atoms with Crippen molar-refractivity contribution in [2.75, 3.05) is 26.7 Å². The molecular weight excluding hydrogens is 487 g/mol. The highest BCUT2D eigenvalue weighted by molar-refractivity contribution is 14.0. The summed E-state index contributed by atoms with van der Waals surface area (Å²) >= 11 is 0. The fourth-order valence-corrected chi connectivity index (χ4v) is 3.59. The molecule has 1 aromatic carbocycles. The Bertz CT molecular complexity index is 718. The van der Waals surface area contributed by atoms with Crippen LogP contribution in [0.5, 0.6) is 0 Å². The molecule has 7 heteroatoms. The van der Waals surface area contributed by atoms with Crippen LogP contribution in [0.4, 0.5) is 0 Å². The third kappa shape index (κ3) is 9.04. The van der Waals surface area contributed by atoms with E-state index in [2.05, 4.69) is 82.0 Å². The first-order valence-corrected chi connectivity index (χ1v) is 10.8. The van der Waals surface area contributed by atoms with Crippen LogP contribution in [0.1, 0.15) is 45.5 Å². The van der Waals surface area contributed by atoms with Crippen molar-refractivity contribution < 1.29 is 0 Å². The van der Waals surface area contributed by atoms with Gasteiger partial charge in [0.25, 0.3) is 0 Å². The standard InChI is InChI=1S/C23H38N6.HI/c1-19(2)29(20(3)4)16-9-13-26-23(24-5)27-14-12-22-25-15-17-28(22)18-21-10-7-6-8-11-21;/h6-8,10-11,15,17,19-20H,9,12-14,16,18H2,1-5H3,(H2,24,26,27);1H. The average Bonchev–Trinajstić information content (AvgIpc) is 3.13. The van der Waals surface area contributed by atoms with Crippen LogP contribution in [-0.4, -0.2) is 59.2 Å². The Kier molecular flexibility index (Phi) is 12.7. The second kappa shape index (κ2) is 14.4. The first-order chi connectivity index (χ1) is 14.0. The van der Waals surface area contributed by atoms with Gasteiger partial charge in [-0.25, -0.2) is 4.98 Å². The van der Waals surface area contributed by atoms with Crippen molar-refractivity contribution in [1.82, 2.24) is 25.1 Å². The largest absolute Gasteiger partial charge is 0.356 e. The van der Waals surface area contributed by atoms with Crippen molar-refractivity contribution >= 4 is 29.9 Å². The summed E-state index contributed by atoms with van der Waals surface area (Å²) in [7, 11) is 1.82. The zero-order valence-corrected chi connectivity index (χ0v) is 21.5. The predicted molar refractivity (Wildman–Crippen MR) is 138 cm³/mol. The van der Waals surface area contributed by atoms with Gasteiger partial charge >= 0.3 is 0 Å². The quantitative estimate of drug-likeness (QED) is 0.203. The molecule has 2 rings (SSSR count). The lowest BCUT2D eigenvalue weighted by Gasteiger charge is -2.30. The first kappa shape index (κ1) is 26.4. The number of nitrogens with zero attached hydrogens (tertiary/aromatic N) is 4. The van der Waals surface area contributed by atoms with Gasteiger partial charge in [0, 0.05) is 64.1 Å². The van der Waals surface area contributed by atoms with E-state index < -0.39 is 0 Å². The zero-order chi connectivity index (χ0) is 21.1. The number of hydrogen-bond donors (Lipinski definition) is 2. The van der Waals surface area contributed by atoms with Crippen molar-refractivity contribution in [2.24, 2.45) is 4.99 Å². The Morgan fingerprint density at radius 3 is 2.37 bits per heavy atom. The number of aliphatic imine (C=N–C) groups is 1. The molecule has 0 aliphatic heterocycles. The van der Waals surface area contributed by atoms with Gasteiger partial charge in [0.05, 0.1) is 0 Å². The molecule has 0 spiro atoms. The van der Waals surface area contributed by atoms with Crippen LogP contribution in [0.2, 0.25) is 0 Å². The number of hydrogen-bond acceptors (Lipinski definition) is 3. The Labute approximate surface area is 199 Å². The Hall–Kier alpha value is -1.61. The number of rotatable bonds is 11. The van der Waals surface area contributed by atoms with Crippen molar-refractivity contribution in [3.05, 3.63) is 54.1 Å². The van der Waals surface area contributed by atoms with Gasteiger partial charge in [-0.3, -0.25) is 9.89 Å². The Morgan fingerprint density at radius 2 is 1.73 bits per heavy atom. The molecule has 0 unspecified atom stereocenters. The van der Waals surface area contributed by atoms with Gasteiger partial charge in [-0.2, -0.15) is 0 Å². The maximum absolute atomic E-state index is 4.52. The van der Waals surface area contributed by atoms with E-state index in [1.165, 1.54) is 5.56 Å². The zero-order valence-electron chi connectivity index (χ0n) is 19.1. The summed E-state index contributed by atoms with van der Waals surface area (Å²) in [5, 5.41) is 6.83. The fourth-order valence-electron chi connectivity index (χ4n) is 3.59. The number of guanidine groups is 1. The summed E-state index contributed by atoms with van der Waals surface area (Å²) in [4.78, 5) is 11.4. The monoisotopic (exact) mass is 526 g/mol. The smallest absolute Gasteiger partial charge is 0.190 e. The topological polar surface area (TPSA) is 57.5 Å². The number of imidazole rings is 1. The van der Waals surface area contributed by atoms with Gasteiger partial charge < -0.3 is 15.2 Å². The predicted octanol–water partition coefficient (Wildman–Crippen LogP) is 3.77. The summed E-state index contributed by atoms with van der Waals surface area (Å²) in [5.74, 6) is 1.94. The van der Waals surface area contributed by atoms with E-state index in [1.807, 2.05) is 25.5 Å². The Morgan fingerprint density at radius 1 is 1.07 bits per heavy atom. The summed E-state index contributed by atoms with van der Waals surface area (Å²) in [6.07, 6.45) is 5.87. The normalized spacial score (nSPS) is 11.8. The maximum Gasteiger partial charge on any atom is 0.190 e. The van der Waals surface area contributed by atoms with Crippen molar-refractivity contribution in [3.63, 3.8) is 0 Å². The van der Waals surface area contributed by atoms with Crippen LogP contribution in [-0.2, 0) is 13.0 Å². The lowest BCUT2D eigenvalue weighted by atomic mass is 10.2. The minimum atomic E-state index is 0. The molecule has 0 saturated carbocycles. The van der Waals surface area contributed by atoms with Crippen molar-refractivity contribution in [1.29, 1.82) is 0 Å². The van der Waals surface area contributed by atoms with E-state index in [-0.39, 0.29) is 24.0 Å². The molecule has 168 valence electrons. The van der Waals surface area contributed by atoms with E-state index in [4.69, 9.17) is 0 Å². The highest BCUT2D eigenvalue weighted by Gasteiger charge is 2.12. The Balaban J connectivity index is 0.00000450. The van der Waals surface area contributed by atoms with Crippen LogP contribution in [0.25, 0.3) is 0 Å². The fraction of sp³-hybridized carbons (Fsp3) is 0.565. The molecule has 30 heavy (non-hydrogen) atoms. The van der Waals surface area contributed by atoms with Gasteiger partial charge in [-0.1, -0.05) is 30.3 Å². The molecule has 0 fully saturated rings. The molecule has 6 nitrogen and oxygen atoms in total. The summed E-state index contributed by atoms with van der Waals surface area (Å²) < 4.78 is 2.21. The van der Waals surface area contributed by atoms with Gasteiger partial charge in [0.1, 0.15) is 5.82 Å². The second-order valence-corrected chi connectivity index (χ2v) is 7.91. The number of aromatic nitrogens is 2. The third-order valence-corrected chi connectivity index (χ3v) is 5.07. The average molecular weight is 527 g/mol. The van der Waals surface area contributed by atoms with Crippen LogP contribution in [0, 0.1) is 0 Å². The van der Waals surface area contributed by atoms with E-state index >= 15 is 0 Å². The number of benzene rings is 1. The maximum atomic E-state index is 4.52. The molecule has 1 heterocycles. The summed E-state index contributed by atoms with van der Waals surface area (Å²) in [5.41, 5.74) is 1.29. The third-order valence-electron chi connectivity index (χ3n) is 5.07. The molecule has 2 N–H and O–H groups in total. The highest BCUT2D eigenvalue weighted by atomic mass is 127. The lowest BCUT2D eigenvalue weighted by molar-refractivity contribution is 0.173. The molecule has 0 aliphatic rings. The summed E-state index contributed by atoms with van der Waals surface area (Å²) in [6.45, 7) is 12.7. The molecule has 0 atom stereocenters. The molecule has 0 bridgehead atoms. The van der Waals surface area contributed by atoms with E-state index in [9.17, 15) is 0 Å². The molecule has 0 amide bonds. The molecule has 0 radical (unpaired) electrons. The lowest BCUT2D eigenvalue weighted by Crippen LogP contribution is -2.41. The van der Waals surface area contributed by atoms with Gasteiger partial charge in [0.2, 0.25) is 0 Å². The molecule has 0 aliphatic carbocycles. The molecule has 0 saturated heterocycles. The van der Waals surface area contributed by atoms with Crippen molar-refractivity contribution in [2.45, 2.75) is 59.2 Å². The van der Waals surface area contributed by atoms with Gasteiger partial charge in [0.15, 0.2) is 5.96 Å². The SMILES string of the molecule is CN=C(NCCCN(C(C)C)C(C)C)NCCc1nccn1Cc1ccccc1.I. The molecule has 2 aromatic rings. The van der Waals surface area contributed by atoms with E-state index in [0.717, 1.165) is 50.8 Å². The molecule has 1 aromatic heterocycles. The second-order valence-electron chi connectivity index (χ2n) is 7.91. The van der Waals surface area contributed by atoms with E-state index in [1.54, 1.807) is 0 Å². The summed E-state index contributed by atoms with van der Waals surface area (Å²) in [6, 6.07) is 11.6. The van der Waals surface area contributed by atoms with Crippen LogP contribution >= 0.6 is 24.0 Å². The van der Waals surface area contributed by atoms with Gasteiger partial charge in [-0.05, 0) is 39.7 Å². The van der Waals surface area contributed by atoms with E-state index in [0.29, 0.717) is 12.1 Å². The number of halogens is 1. The van der Waals surface area contributed by atoms with Crippen molar-refractivity contribution in [3.8, 4) is 0 Å². The molecular formula is C23H39IN6. The van der Waals surface area contributed by atoms with Crippen LogP contribution in [0.3, 0.4) is 0 Å². The minimum absolute atomic E-state index is 0. The minimum Gasteiger partial charge on any atom is -0.356 e. The van der Waals surface area contributed by atoms with Crippen LogP contribution < -0.4 is 10.6 Å². The van der Waals surface area contributed by atoms with Crippen LogP contribution in [0.15, 0.2) is 47.7 Å². The van der Waals surface area contributed by atoms with Gasteiger partial charge in [-0.15, -0.1) is 24.0 Å². The number of nitrogens with one attached hydrogen (secondary N) is 2. The first-order valence-electron chi connectivity index (χ1n) is 10.8.